The lowest BCUT2D eigenvalue weighted by Gasteiger charge is -2.07. The van der Waals surface area contributed by atoms with Crippen molar-refractivity contribution in [3.05, 3.63) is 59.2 Å². The van der Waals surface area contributed by atoms with Gasteiger partial charge in [0, 0.05) is 29.3 Å². The molecule has 6 nitrogen and oxygen atoms in total. The summed E-state index contributed by atoms with van der Waals surface area (Å²) >= 11 is 0. The summed E-state index contributed by atoms with van der Waals surface area (Å²) in [6.45, 7) is 10.8. The van der Waals surface area contributed by atoms with E-state index in [0.717, 1.165) is 23.2 Å². The first-order valence-electron chi connectivity index (χ1n) is 10.3. The lowest BCUT2D eigenvalue weighted by atomic mass is 10.0. The van der Waals surface area contributed by atoms with Gasteiger partial charge >= 0.3 is 0 Å². The molecule has 1 aromatic carbocycles. The third-order valence-corrected chi connectivity index (χ3v) is 5.29. The molecule has 0 amide bonds. The predicted octanol–water partition coefficient (Wildman–Crippen LogP) is 5.68. The molecule has 31 heavy (non-hydrogen) atoms. The minimum absolute atomic E-state index is 0.00112. The van der Waals surface area contributed by atoms with E-state index in [0.29, 0.717) is 39.8 Å². The lowest BCUT2D eigenvalue weighted by Crippen LogP contribution is -2.07. The first-order valence-corrected chi connectivity index (χ1v) is 10.3. The van der Waals surface area contributed by atoms with Gasteiger partial charge in [-0.3, -0.25) is 9.67 Å². The largest absolute Gasteiger partial charge is 0.494 e. The Bertz CT molecular complexity index is 1280. The molecule has 0 aliphatic heterocycles. The van der Waals surface area contributed by atoms with E-state index in [1.807, 2.05) is 37.6 Å². The molecule has 0 bridgehead atoms. The molecule has 0 saturated carbocycles. The van der Waals surface area contributed by atoms with Crippen LogP contribution in [-0.4, -0.2) is 30.6 Å². The Labute approximate surface area is 180 Å². The molecule has 4 rings (SSSR count). The maximum atomic E-state index is 14.5. The number of aliphatic imine (C=N–C) groups is 1. The Kier molecular flexibility index (Phi) is 5.35. The van der Waals surface area contributed by atoms with Crippen LogP contribution in [0.5, 0.6) is 5.88 Å². The van der Waals surface area contributed by atoms with E-state index < -0.39 is 0 Å². The van der Waals surface area contributed by atoms with Crippen molar-refractivity contribution in [2.75, 3.05) is 0 Å². The van der Waals surface area contributed by atoms with Crippen LogP contribution in [-0.2, 0) is 6.54 Å². The van der Waals surface area contributed by atoms with Crippen molar-refractivity contribution < 1.29 is 9.50 Å². The highest BCUT2D eigenvalue weighted by Crippen LogP contribution is 2.33. The average molecular weight is 420 g/mol. The number of aromatic amines is 1. The molecular formula is C24H26FN5O. The van der Waals surface area contributed by atoms with E-state index >= 15 is 0 Å². The minimum Gasteiger partial charge on any atom is -0.494 e. The number of benzene rings is 1. The Morgan fingerprint density at radius 3 is 2.74 bits per heavy atom. The molecule has 3 aromatic heterocycles. The molecule has 160 valence electrons. The summed E-state index contributed by atoms with van der Waals surface area (Å²) in [5, 5.41) is 15.9. The highest BCUT2D eigenvalue weighted by atomic mass is 19.1. The molecule has 0 atom stereocenters. The van der Waals surface area contributed by atoms with Gasteiger partial charge in [-0.2, -0.15) is 5.10 Å². The van der Waals surface area contributed by atoms with Gasteiger partial charge in [0.2, 0.25) is 0 Å². The SMILES string of the molecule is CC(=Nc1cc(C)n(CC(C)C)n1)c1c(O)[nH]c2cnc(-c3c(C)cccc3F)cc12. The zero-order chi connectivity index (χ0) is 22.3. The maximum absolute atomic E-state index is 14.5. The number of aryl methyl sites for hydroxylation is 2. The summed E-state index contributed by atoms with van der Waals surface area (Å²) in [6, 6.07) is 8.66. The highest BCUT2D eigenvalue weighted by molar-refractivity contribution is 6.13. The second-order valence-corrected chi connectivity index (χ2v) is 8.31. The predicted molar refractivity (Wildman–Crippen MR) is 122 cm³/mol. The van der Waals surface area contributed by atoms with Gasteiger partial charge in [0.05, 0.1) is 28.7 Å². The zero-order valence-corrected chi connectivity index (χ0v) is 18.4. The van der Waals surface area contributed by atoms with Gasteiger partial charge in [-0.25, -0.2) is 9.38 Å². The van der Waals surface area contributed by atoms with Gasteiger partial charge in [0.1, 0.15) is 5.82 Å². The zero-order valence-electron chi connectivity index (χ0n) is 18.4. The van der Waals surface area contributed by atoms with Crippen molar-refractivity contribution in [1.29, 1.82) is 0 Å². The third kappa shape index (κ3) is 3.95. The van der Waals surface area contributed by atoms with Gasteiger partial charge < -0.3 is 10.1 Å². The molecule has 0 saturated heterocycles. The van der Waals surface area contributed by atoms with Crippen LogP contribution in [0.25, 0.3) is 22.2 Å². The van der Waals surface area contributed by atoms with Crippen molar-refractivity contribution in [2.24, 2.45) is 10.9 Å². The second-order valence-electron chi connectivity index (χ2n) is 8.31. The summed E-state index contributed by atoms with van der Waals surface area (Å²) in [6.07, 6.45) is 1.61. The quantitative estimate of drug-likeness (QED) is 0.408. The Morgan fingerprint density at radius 2 is 2.03 bits per heavy atom. The number of nitrogens with zero attached hydrogens (tertiary/aromatic N) is 4. The van der Waals surface area contributed by atoms with Gasteiger partial charge in [-0.1, -0.05) is 26.0 Å². The summed E-state index contributed by atoms with van der Waals surface area (Å²) in [4.78, 5) is 12.0. The molecule has 0 aliphatic rings. The minimum atomic E-state index is -0.329. The van der Waals surface area contributed by atoms with Gasteiger partial charge in [-0.15, -0.1) is 0 Å². The lowest BCUT2D eigenvalue weighted by molar-refractivity contribution is 0.457. The molecule has 4 aromatic rings. The van der Waals surface area contributed by atoms with Gasteiger partial charge in [0.25, 0.3) is 0 Å². The fraction of sp³-hybridized carbons (Fsp3) is 0.292. The number of H-pyrrole nitrogens is 1. The van der Waals surface area contributed by atoms with Crippen LogP contribution in [0.15, 0.2) is 41.5 Å². The maximum Gasteiger partial charge on any atom is 0.198 e. The number of halogens is 1. The number of aromatic nitrogens is 4. The second kappa shape index (κ2) is 7.98. The van der Waals surface area contributed by atoms with Crippen LogP contribution in [0, 0.1) is 25.6 Å². The van der Waals surface area contributed by atoms with Crippen LogP contribution in [0.1, 0.15) is 37.6 Å². The highest BCUT2D eigenvalue weighted by Gasteiger charge is 2.18. The first kappa shape index (κ1) is 20.8. The number of fused-ring (bicyclic) bond motifs is 1. The number of rotatable bonds is 5. The monoisotopic (exact) mass is 419 g/mol. The molecule has 0 radical (unpaired) electrons. The van der Waals surface area contributed by atoms with Crippen molar-refractivity contribution in [2.45, 2.75) is 41.2 Å². The molecule has 0 unspecified atom stereocenters. The molecule has 2 N–H and O–H groups in total. The van der Waals surface area contributed by atoms with Crippen molar-refractivity contribution in [3.63, 3.8) is 0 Å². The van der Waals surface area contributed by atoms with E-state index in [4.69, 9.17) is 0 Å². The molecule has 7 heteroatoms. The Morgan fingerprint density at radius 1 is 1.26 bits per heavy atom. The van der Waals surface area contributed by atoms with Crippen LogP contribution < -0.4 is 0 Å². The molecular weight excluding hydrogens is 393 g/mol. The van der Waals surface area contributed by atoms with Crippen molar-refractivity contribution in [3.8, 4) is 17.1 Å². The van der Waals surface area contributed by atoms with Gasteiger partial charge in [0.15, 0.2) is 11.7 Å². The first-order chi connectivity index (χ1) is 14.7. The van der Waals surface area contributed by atoms with E-state index in [9.17, 15) is 9.50 Å². The molecule has 0 spiro atoms. The average Bonchev–Trinajstić information content (AvgIpc) is 3.19. The number of aromatic hydroxyl groups is 1. The topological polar surface area (TPSA) is 79.1 Å². The Hall–Kier alpha value is -3.48. The van der Waals surface area contributed by atoms with E-state index in [1.54, 1.807) is 18.3 Å². The van der Waals surface area contributed by atoms with Crippen LogP contribution in [0.2, 0.25) is 0 Å². The van der Waals surface area contributed by atoms with Crippen molar-refractivity contribution >= 4 is 22.4 Å². The molecule has 0 fully saturated rings. The van der Waals surface area contributed by atoms with E-state index in [1.165, 1.54) is 6.07 Å². The van der Waals surface area contributed by atoms with Crippen LogP contribution in [0.4, 0.5) is 10.2 Å². The standard InChI is InChI=1S/C24H26FN5O/c1-13(2)12-30-15(4)9-21(29-30)27-16(5)23-17-10-19(26-11-20(17)28-24(23)31)22-14(3)7-6-8-18(22)25/h6-11,13,28,31H,12H2,1-5H3. The fourth-order valence-corrected chi connectivity index (χ4v) is 3.84. The molecule has 3 heterocycles. The third-order valence-electron chi connectivity index (χ3n) is 5.29. The van der Waals surface area contributed by atoms with Gasteiger partial charge in [-0.05, 0) is 44.4 Å². The Balaban J connectivity index is 1.80. The van der Waals surface area contributed by atoms with E-state index in [2.05, 4.69) is 33.9 Å². The fourth-order valence-electron chi connectivity index (χ4n) is 3.84. The summed E-state index contributed by atoms with van der Waals surface area (Å²) in [5.74, 6) is 0.731. The number of pyridine rings is 1. The normalized spacial score (nSPS) is 12.3. The summed E-state index contributed by atoms with van der Waals surface area (Å²) in [5.41, 5.74) is 4.61. The van der Waals surface area contributed by atoms with Crippen LogP contribution in [0.3, 0.4) is 0 Å². The van der Waals surface area contributed by atoms with Crippen molar-refractivity contribution in [1.82, 2.24) is 19.7 Å². The molecule has 0 aliphatic carbocycles. The van der Waals surface area contributed by atoms with Crippen LogP contribution >= 0.6 is 0 Å². The van der Waals surface area contributed by atoms with E-state index in [-0.39, 0.29) is 11.7 Å². The smallest absolute Gasteiger partial charge is 0.198 e. The number of hydrogen-bond donors (Lipinski definition) is 2. The number of hydrogen-bond acceptors (Lipinski definition) is 4. The summed E-state index contributed by atoms with van der Waals surface area (Å²) in [7, 11) is 0. The summed E-state index contributed by atoms with van der Waals surface area (Å²) < 4.78 is 16.4. The number of nitrogens with one attached hydrogen (secondary N) is 1.